The van der Waals surface area contributed by atoms with Crippen molar-refractivity contribution in [2.75, 3.05) is 19.8 Å². The summed E-state index contributed by atoms with van der Waals surface area (Å²) in [5, 5.41) is 0. The molecule has 0 heterocycles. The number of nitrogens with two attached hydrogens (primary N) is 1. The van der Waals surface area contributed by atoms with E-state index in [0.29, 0.717) is 12.7 Å². The molecule has 0 fully saturated rings. The fourth-order valence-electron chi connectivity index (χ4n) is 0.348. The first kappa shape index (κ1) is 8.15. The molecule has 0 bridgehead atoms. The number of hydrogen-bond donors (Lipinski definition) is 1. The highest BCUT2D eigenvalue weighted by atomic mass is 31.1. The van der Waals surface area contributed by atoms with E-state index in [0.717, 1.165) is 6.42 Å². The fraction of sp³-hybridized carbons (Fsp3) is 1.00. The van der Waals surface area contributed by atoms with Gasteiger partial charge in [-0.3, -0.25) is 4.57 Å². The standard InChI is InChI=1S/C4H12NO2P/c1-7-8(6)4-2-3-5/h8H,2-5H2,1H3. The highest BCUT2D eigenvalue weighted by Crippen LogP contribution is 2.19. The van der Waals surface area contributed by atoms with E-state index in [4.69, 9.17) is 5.73 Å². The molecule has 1 unspecified atom stereocenters. The third kappa shape index (κ3) is 4.31. The van der Waals surface area contributed by atoms with Crippen LogP contribution in [0.15, 0.2) is 0 Å². The molecule has 0 aromatic carbocycles. The predicted octanol–water partition coefficient (Wildman–Crippen LogP) is 0.456. The van der Waals surface area contributed by atoms with Gasteiger partial charge in [0.05, 0.1) is 0 Å². The molecule has 0 aromatic heterocycles. The van der Waals surface area contributed by atoms with Crippen molar-refractivity contribution in [3.63, 3.8) is 0 Å². The van der Waals surface area contributed by atoms with E-state index in [1.165, 1.54) is 7.11 Å². The molecule has 0 aromatic rings. The van der Waals surface area contributed by atoms with Gasteiger partial charge in [0.1, 0.15) is 0 Å². The van der Waals surface area contributed by atoms with E-state index in [2.05, 4.69) is 4.52 Å². The van der Waals surface area contributed by atoms with Crippen LogP contribution in [0, 0.1) is 0 Å². The highest BCUT2D eigenvalue weighted by molar-refractivity contribution is 7.39. The summed E-state index contributed by atoms with van der Waals surface area (Å²) in [6.45, 7) is 0.597. The lowest BCUT2D eigenvalue weighted by molar-refractivity contribution is 0.414. The van der Waals surface area contributed by atoms with Crippen LogP contribution < -0.4 is 5.73 Å². The molecule has 0 radical (unpaired) electrons. The lowest BCUT2D eigenvalue weighted by Gasteiger charge is -1.94. The van der Waals surface area contributed by atoms with Crippen LogP contribution in [0.1, 0.15) is 6.42 Å². The van der Waals surface area contributed by atoms with Crippen LogP contribution in [0.3, 0.4) is 0 Å². The molecule has 8 heavy (non-hydrogen) atoms. The van der Waals surface area contributed by atoms with Gasteiger partial charge >= 0.3 is 0 Å². The minimum Gasteiger partial charge on any atom is -0.334 e. The Bertz CT molecular complexity index is 76.4. The zero-order chi connectivity index (χ0) is 6.41. The summed E-state index contributed by atoms with van der Waals surface area (Å²) in [4.78, 5) is 0. The zero-order valence-electron chi connectivity index (χ0n) is 5.02. The summed E-state index contributed by atoms with van der Waals surface area (Å²) in [6, 6.07) is 0. The van der Waals surface area contributed by atoms with Crippen LogP contribution in [0.5, 0.6) is 0 Å². The summed E-state index contributed by atoms with van der Waals surface area (Å²) >= 11 is 0. The second kappa shape index (κ2) is 5.29. The molecule has 2 N–H and O–H groups in total. The Kier molecular flexibility index (Phi) is 5.39. The van der Waals surface area contributed by atoms with Crippen LogP contribution in [0.4, 0.5) is 0 Å². The van der Waals surface area contributed by atoms with Crippen LogP contribution >= 0.6 is 8.03 Å². The van der Waals surface area contributed by atoms with E-state index in [1.54, 1.807) is 0 Å². The third-order valence-electron chi connectivity index (χ3n) is 0.813. The number of hydrogen-bond acceptors (Lipinski definition) is 3. The molecule has 50 valence electrons. The highest BCUT2D eigenvalue weighted by Gasteiger charge is 1.92. The monoisotopic (exact) mass is 137 g/mol. The first-order valence-corrected chi connectivity index (χ1v) is 4.10. The van der Waals surface area contributed by atoms with Crippen molar-refractivity contribution in [3.8, 4) is 0 Å². The largest absolute Gasteiger partial charge is 0.334 e. The maximum absolute atomic E-state index is 10.5. The van der Waals surface area contributed by atoms with Gasteiger partial charge in [0.2, 0.25) is 0 Å². The van der Waals surface area contributed by atoms with Gasteiger partial charge in [0.15, 0.2) is 8.03 Å². The Hall–Kier alpha value is 0.150. The van der Waals surface area contributed by atoms with Crippen LogP contribution in [-0.4, -0.2) is 19.8 Å². The molecule has 0 aliphatic rings. The molecule has 0 saturated carbocycles. The van der Waals surface area contributed by atoms with Crippen molar-refractivity contribution in [3.05, 3.63) is 0 Å². The molecule has 4 heteroatoms. The van der Waals surface area contributed by atoms with Gasteiger partial charge in [-0.25, -0.2) is 0 Å². The van der Waals surface area contributed by atoms with Crippen molar-refractivity contribution in [2.45, 2.75) is 6.42 Å². The molecule has 0 aliphatic heterocycles. The second-order valence-corrected chi connectivity index (χ2v) is 3.12. The molecule has 0 rings (SSSR count). The Morgan fingerprint density at radius 3 is 2.75 bits per heavy atom. The van der Waals surface area contributed by atoms with Crippen molar-refractivity contribution < 1.29 is 9.09 Å². The van der Waals surface area contributed by atoms with Gasteiger partial charge in [-0.1, -0.05) is 0 Å². The van der Waals surface area contributed by atoms with Crippen LogP contribution in [-0.2, 0) is 9.09 Å². The summed E-state index contributed by atoms with van der Waals surface area (Å²) < 4.78 is 15.0. The smallest absolute Gasteiger partial charge is 0.191 e. The Morgan fingerprint density at radius 1 is 1.75 bits per heavy atom. The lowest BCUT2D eigenvalue weighted by Crippen LogP contribution is -1.99. The molecule has 0 saturated heterocycles. The zero-order valence-corrected chi connectivity index (χ0v) is 6.02. The number of rotatable bonds is 4. The normalized spacial score (nSPS) is 13.8. The average Bonchev–Trinajstić information content (AvgIpc) is 1.83. The van der Waals surface area contributed by atoms with Gasteiger partial charge < -0.3 is 10.3 Å². The molecule has 0 amide bonds. The van der Waals surface area contributed by atoms with Crippen LogP contribution in [0.2, 0.25) is 0 Å². The molecular formula is C4H12NO2P. The lowest BCUT2D eigenvalue weighted by atomic mass is 10.5. The molecular weight excluding hydrogens is 125 g/mol. The third-order valence-corrected chi connectivity index (χ3v) is 2.03. The summed E-state index contributed by atoms with van der Waals surface area (Å²) in [5.74, 6) is 0. The van der Waals surface area contributed by atoms with E-state index < -0.39 is 8.03 Å². The SMILES string of the molecule is CO[PH](=O)CCCN. The van der Waals surface area contributed by atoms with Crippen molar-refractivity contribution in [1.82, 2.24) is 0 Å². The van der Waals surface area contributed by atoms with Gasteiger partial charge in [-0.05, 0) is 13.0 Å². The van der Waals surface area contributed by atoms with Gasteiger partial charge in [0.25, 0.3) is 0 Å². The topological polar surface area (TPSA) is 52.3 Å². The van der Waals surface area contributed by atoms with E-state index >= 15 is 0 Å². The average molecular weight is 137 g/mol. The molecule has 0 aliphatic carbocycles. The minimum absolute atomic E-state index is 0.597. The Balaban J connectivity index is 2.99. The van der Waals surface area contributed by atoms with Crippen molar-refractivity contribution in [2.24, 2.45) is 5.73 Å². The van der Waals surface area contributed by atoms with Crippen molar-refractivity contribution >= 4 is 8.03 Å². The van der Waals surface area contributed by atoms with Crippen molar-refractivity contribution in [1.29, 1.82) is 0 Å². The van der Waals surface area contributed by atoms with E-state index in [-0.39, 0.29) is 0 Å². The quantitative estimate of drug-likeness (QED) is 0.572. The van der Waals surface area contributed by atoms with E-state index in [9.17, 15) is 4.57 Å². The Morgan fingerprint density at radius 2 is 2.38 bits per heavy atom. The maximum atomic E-state index is 10.5. The van der Waals surface area contributed by atoms with Gasteiger partial charge in [-0.15, -0.1) is 0 Å². The Labute approximate surface area is 50.1 Å². The summed E-state index contributed by atoms with van der Waals surface area (Å²) in [5.41, 5.74) is 5.15. The predicted molar refractivity (Wildman–Crippen MR) is 34.5 cm³/mol. The molecule has 1 atom stereocenters. The first-order chi connectivity index (χ1) is 3.81. The van der Waals surface area contributed by atoms with Gasteiger partial charge in [-0.2, -0.15) is 0 Å². The maximum Gasteiger partial charge on any atom is 0.191 e. The summed E-state index contributed by atoms with van der Waals surface area (Å²) in [7, 11) is -0.265. The first-order valence-electron chi connectivity index (χ1n) is 2.58. The van der Waals surface area contributed by atoms with Crippen LogP contribution in [0.25, 0.3) is 0 Å². The van der Waals surface area contributed by atoms with E-state index in [1.807, 2.05) is 0 Å². The minimum atomic E-state index is -1.72. The molecule has 3 nitrogen and oxygen atoms in total. The van der Waals surface area contributed by atoms with Gasteiger partial charge in [0, 0.05) is 13.3 Å². The molecule has 0 spiro atoms. The fourth-order valence-corrected chi connectivity index (χ4v) is 1.05. The second-order valence-electron chi connectivity index (χ2n) is 1.47. The summed E-state index contributed by atoms with van der Waals surface area (Å²) in [6.07, 6.45) is 1.42.